The average Bonchev–Trinajstić information content (AvgIpc) is 2.38. The lowest BCUT2D eigenvalue weighted by Gasteiger charge is -2.55. The maximum absolute atomic E-state index is 13.3. The summed E-state index contributed by atoms with van der Waals surface area (Å²) in [7, 11) is -19.3. The summed E-state index contributed by atoms with van der Waals surface area (Å²) in [6.07, 6.45) is -18.0. The molecule has 0 amide bonds. The van der Waals surface area contributed by atoms with Crippen molar-refractivity contribution in [1.82, 2.24) is 0 Å². The zero-order valence-corrected chi connectivity index (χ0v) is 15.1. The third-order valence-electron chi connectivity index (χ3n) is 4.46. The first kappa shape index (κ1) is 27.2. The largest absolute Gasteiger partial charge is 0.439 e. The van der Waals surface area contributed by atoms with Crippen LogP contribution in [0.3, 0.4) is 0 Å². The first-order chi connectivity index (χ1) is 12.7. The number of hydrogen-bond acceptors (Lipinski definition) is 1. The van der Waals surface area contributed by atoms with Crippen molar-refractivity contribution in [3.05, 3.63) is 0 Å². The van der Waals surface area contributed by atoms with Gasteiger partial charge in [-0.3, -0.25) is 0 Å². The van der Waals surface area contributed by atoms with Crippen LogP contribution in [0.15, 0.2) is 0 Å². The molecule has 1 fully saturated rings. The predicted octanol–water partition coefficient (Wildman–Crippen LogP) is 6.15. The van der Waals surface area contributed by atoms with Crippen LogP contribution in [-0.4, -0.2) is 56.6 Å². The summed E-state index contributed by atoms with van der Waals surface area (Å²) in [4.78, 5) is 0. The molecule has 1 aliphatic heterocycles. The molecule has 0 radical (unpaired) electrons. The first-order valence-electron chi connectivity index (χ1n) is 6.77. The number of alkyl halides is 18. The third kappa shape index (κ3) is 3.28. The molecule has 1 heterocycles. The van der Waals surface area contributed by atoms with Crippen LogP contribution in [-0.2, 0) is 4.43 Å². The molecule has 1 rings (SSSR count). The van der Waals surface area contributed by atoms with Crippen molar-refractivity contribution in [3.8, 4) is 0 Å². The second-order valence-corrected chi connectivity index (χ2v) is 16.8. The average molecular weight is 526 g/mol. The highest BCUT2D eigenvalue weighted by atomic mass is 29.3. The standard InChI is InChI=1S/C9H4F18OSi2/c10-4(11,12)3(5(13,14)15)1-2-29(6(16,17)18,7(19,20)21)30(28-3,8(22,23)24)9(25,26)27/h1-2H2. The summed E-state index contributed by atoms with van der Waals surface area (Å²) >= 11 is 0. The second kappa shape index (κ2) is 6.57. The number of hydrogen-bond donors (Lipinski definition) is 0. The predicted molar refractivity (Wildman–Crippen MR) is 61.1 cm³/mol. The zero-order chi connectivity index (χ0) is 24.6. The third-order valence-corrected chi connectivity index (χ3v) is 18.9. The van der Waals surface area contributed by atoms with Gasteiger partial charge in [-0.1, -0.05) is 0 Å². The zero-order valence-electron chi connectivity index (χ0n) is 13.1. The molecular weight excluding hydrogens is 522 g/mol. The fraction of sp³-hybridized carbons (Fsp3) is 1.00. The van der Waals surface area contributed by atoms with Crippen LogP contribution in [0.4, 0.5) is 79.0 Å². The van der Waals surface area contributed by atoms with Gasteiger partial charge in [0, 0.05) is 0 Å². The summed E-state index contributed by atoms with van der Waals surface area (Å²) in [5.74, 6) is -30.8. The highest BCUT2D eigenvalue weighted by molar-refractivity contribution is 7.43. The molecule has 30 heavy (non-hydrogen) atoms. The van der Waals surface area contributed by atoms with Gasteiger partial charge in [-0.25, -0.2) is 0 Å². The molecule has 1 aliphatic rings. The van der Waals surface area contributed by atoms with Gasteiger partial charge in [0.05, 0.1) is 0 Å². The summed E-state index contributed by atoms with van der Waals surface area (Å²) in [6, 6.07) is -3.75. The van der Waals surface area contributed by atoms with Gasteiger partial charge in [-0.05, 0) is 12.5 Å². The summed E-state index contributed by atoms with van der Waals surface area (Å²) in [5.41, 5.74) is -6.55. The maximum atomic E-state index is 13.3. The van der Waals surface area contributed by atoms with Crippen molar-refractivity contribution >= 4 is 15.4 Å². The van der Waals surface area contributed by atoms with E-state index in [1.54, 1.807) is 0 Å². The van der Waals surface area contributed by atoms with E-state index in [0.29, 0.717) is 0 Å². The van der Waals surface area contributed by atoms with E-state index in [-0.39, 0.29) is 0 Å². The van der Waals surface area contributed by atoms with E-state index < -0.39 is 69.0 Å². The van der Waals surface area contributed by atoms with Crippen LogP contribution < -0.4 is 0 Å². The quantitative estimate of drug-likeness (QED) is 0.272. The Balaban J connectivity index is 4.30. The smallest absolute Gasteiger partial charge is 0.382 e. The van der Waals surface area contributed by atoms with E-state index in [9.17, 15) is 79.0 Å². The monoisotopic (exact) mass is 526 g/mol. The van der Waals surface area contributed by atoms with Crippen LogP contribution in [0.1, 0.15) is 6.42 Å². The minimum atomic E-state index is -10.0. The molecular formula is C9H4F18OSi2. The Hall–Kier alpha value is -0.866. The molecule has 21 heteroatoms. The first-order valence-corrected chi connectivity index (χ1v) is 11.9. The molecule has 0 unspecified atom stereocenters. The topological polar surface area (TPSA) is 9.23 Å². The lowest BCUT2D eigenvalue weighted by atomic mass is 9.99. The van der Waals surface area contributed by atoms with Gasteiger partial charge in [0.25, 0.3) is 0 Å². The van der Waals surface area contributed by atoms with Gasteiger partial charge in [-0.2, -0.15) is 79.0 Å². The molecule has 0 aromatic heterocycles. The molecule has 0 aromatic rings. The summed E-state index contributed by atoms with van der Waals surface area (Å²) < 4.78 is 239. The Labute approximate surface area is 153 Å². The van der Waals surface area contributed by atoms with Crippen molar-refractivity contribution in [1.29, 1.82) is 0 Å². The van der Waals surface area contributed by atoms with E-state index in [4.69, 9.17) is 0 Å². The highest BCUT2D eigenvalue weighted by Crippen LogP contribution is 2.66. The van der Waals surface area contributed by atoms with E-state index in [0.717, 1.165) is 0 Å². The Bertz CT molecular complexity index is 602. The Morgan fingerprint density at radius 1 is 0.500 bits per heavy atom. The van der Waals surface area contributed by atoms with Gasteiger partial charge in [0.15, 0.2) is 0 Å². The van der Waals surface area contributed by atoms with Crippen LogP contribution in [0.25, 0.3) is 0 Å². The SMILES string of the molecule is FC(F)(F)C1(C(F)(F)F)CC[Si](C(F)(F)F)(C(F)(F)F)[Si](C(F)(F)F)(C(F)(F)F)O1. The van der Waals surface area contributed by atoms with Gasteiger partial charge in [0.1, 0.15) is 0 Å². The Morgan fingerprint density at radius 2 is 0.800 bits per heavy atom. The number of rotatable bonds is 0. The van der Waals surface area contributed by atoms with E-state index in [1.165, 1.54) is 0 Å². The molecule has 0 saturated carbocycles. The molecule has 1 nitrogen and oxygen atoms in total. The van der Waals surface area contributed by atoms with E-state index >= 15 is 0 Å². The fourth-order valence-corrected chi connectivity index (χ4v) is 16.2. The lowest BCUT2D eigenvalue weighted by molar-refractivity contribution is -0.369. The van der Waals surface area contributed by atoms with Crippen molar-refractivity contribution < 1.29 is 83.5 Å². The second-order valence-electron chi connectivity index (χ2n) is 6.00. The Morgan fingerprint density at radius 3 is 1.00 bits per heavy atom. The van der Waals surface area contributed by atoms with Crippen molar-refractivity contribution in [2.75, 3.05) is 0 Å². The minimum Gasteiger partial charge on any atom is -0.382 e. The van der Waals surface area contributed by atoms with Gasteiger partial charge >= 0.3 is 51.0 Å². The molecule has 0 N–H and O–H groups in total. The Kier molecular flexibility index (Phi) is 5.95. The summed E-state index contributed by atoms with van der Waals surface area (Å²) in [5, 5.41) is 0. The maximum Gasteiger partial charge on any atom is 0.439 e. The summed E-state index contributed by atoms with van der Waals surface area (Å²) in [6.45, 7) is 0. The molecule has 0 aliphatic carbocycles. The van der Waals surface area contributed by atoms with Crippen molar-refractivity contribution in [3.63, 3.8) is 0 Å². The van der Waals surface area contributed by atoms with Crippen LogP contribution in [0.5, 0.6) is 0 Å². The fourth-order valence-electron chi connectivity index (χ4n) is 3.10. The van der Waals surface area contributed by atoms with Crippen molar-refractivity contribution in [2.24, 2.45) is 0 Å². The normalized spacial score (nSPS) is 23.4. The van der Waals surface area contributed by atoms with Gasteiger partial charge < -0.3 is 4.43 Å². The van der Waals surface area contributed by atoms with E-state index in [2.05, 4.69) is 4.43 Å². The molecule has 0 bridgehead atoms. The number of halogens is 18. The minimum absolute atomic E-state index is 2.25. The molecule has 1 saturated heterocycles. The van der Waals surface area contributed by atoms with Crippen molar-refractivity contribution in [2.45, 2.75) is 53.6 Å². The van der Waals surface area contributed by atoms with Crippen LogP contribution >= 0.6 is 0 Å². The van der Waals surface area contributed by atoms with Crippen LogP contribution in [0.2, 0.25) is 6.04 Å². The van der Waals surface area contributed by atoms with Gasteiger partial charge in [-0.15, -0.1) is 0 Å². The van der Waals surface area contributed by atoms with Gasteiger partial charge in [0.2, 0.25) is 5.60 Å². The molecule has 0 spiro atoms. The lowest BCUT2D eigenvalue weighted by Crippen LogP contribution is -2.93. The van der Waals surface area contributed by atoms with E-state index in [1.807, 2.05) is 0 Å². The molecule has 180 valence electrons. The molecule has 0 aromatic carbocycles. The van der Waals surface area contributed by atoms with Crippen LogP contribution in [0, 0.1) is 0 Å². The molecule has 0 atom stereocenters. The highest BCUT2D eigenvalue weighted by Gasteiger charge is 3.03.